The largest absolute Gasteiger partial charge is 0.394 e. The second kappa shape index (κ2) is 8.35. The zero-order valence-corrected chi connectivity index (χ0v) is 11.8. The van der Waals surface area contributed by atoms with Crippen molar-refractivity contribution in [3.8, 4) is 0 Å². The van der Waals surface area contributed by atoms with Crippen LogP contribution >= 0.6 is 0 Å². The predicted octanol–water partition coefficient (Wildman–Crippen LogP) is 2.37. The molecule has 4 nitrogen and oxygen atoms in total. The number of nitrogens with zero attached hydrogens (tertiary/aromatic N) is 1. The lowest BCUT2D eigenvalue weighted by molar-refractivity contribution is 0.157. The molecule has 2 N–H and O–H groups in total. The summed E-state index contributed by atoms with van der Waals surface area (Å²) in [6.07, 6.45) is 9.22. The first-order valence-electron chi connectivity index (χ1n) is 7.26. The second-order valence-electron chi connectivity index (χ2n) is 5.52. The molecule has 1 rings (SSSR count). The van der Waals surface area contributed by atoms with Crippen LogP contribution in [0, 0.1) is 5.92 Å². The van der Waals surface area contributed by atoms with Crippen molar-refractivity contribution >= 4 is 6.03 Å². The van der Waals surface area contributed by atoms with Crippen molar-refractivity contribution in [3.05, 3.63) is 0 Å². The molecule has 0 aromatic heterocycles. The minimum absolute atomic E-state index is 0.00556. The second-order valence-corrected chi connectivity index (χ2v) is 5.52. The van der Waals surface area contributed by atoms with Crippen molar-refractivity contribution in [2.24, 2.45) is 5.92 Å². The lowest BCUT2D eigenvalue weighted by Gasteiger charge is -2.23. The number of rotatable bonds is 7. The maximum Gasteiger partial charge on any atom is 0.317 e. The highest BCUT2D eigenvalue weighted by Gasteiger charge is 2.15. The van der Waals surface area contributed by atoms with E-state index in [9.17, 15) is 4.79 Å². The Balaban J connectivity index is 2.01. The van der Waals surface area contributed by atoms with Gasteiger partial charge in [0.15, 0.2) is 0 Å². The third-order valence-corrected chi connectivity index (χ3v) is 4.04. The summed E-state index contributed by atoms with van der Waals surface area (Å²) in [4.78, 5) is 13.2. The van der Waals surface area contributed by atoms with Gasteiger partial charge in [-0.3, -0.25) is 0 Å². The van der Waals surface area contributed by atoms with Gasteiger partial charge in [0.25, 0.3) is 0 Å². The highest BCUT2D eigenvalue weighted by Crippen LogP contribution is 2.28. The molecule has 0 aromatic rings. The Morgan fingerprint density at radius 1 is 1.39 bits per heavy atom. The van der Waals surface area contributed by atoms with Gasteiger partial charge in [0, 0.05) is 13.6 Å². The van der Waals surface area contributed by atoms with Gasteiger partial charge in [0.2, 0.25) is 0 Å². The van der Waals surface area contributed by atoms with E-state index in [2.05, 4.69) is 5.32 Å². The van der Waals surface area contributed by atoms with Crippen LogP contribution in [0.1, 0.15) is 51.9 Å². The van der Waals surface area contributed by atoms with Gasteiger partial charge in [-0.2, -0.15) is 0 Å². The van der Waals surface area contributed by atoms with E-state index in [4.69, 9.17) is 5.11 Å². The predicted molar refractivity (Wildman–Crippen MR) is 73.5 cm³/mol. The van der Waals surface area contributed by atoms with Crippen LogP contribution in [-0.4, -0.2) is 42.3 Å². The smallest absolute Gasteiger partial charge is 0.317 e. The van der Waals surface area contributed by atoms with E-state index in [0.29, 0.717) is 0 Å². The number of carbonyl (C=O) groups excluding carboxylic acids is 1. The van der Waals surface area contributed by atoms with Crippen LogP contribution < -0.4 is 5.32 Å². The molecule has 0 bridgehead atoms. The third-order valence-electron chi connectivity index (χ3n) is 4.04. The van der Waals surface area contributed by atoms with Crippen molar-refractivity contribution in [1.82, 2.24) is 10.2 Å². The number of unbranched alkanes of at least 4 members (excludes halogenated alkanes) is 1. The number of urea groups is 1. The molecule has 4 heteroatoms. The zero-order chi connectivity index (χ0) is 13.4. The monoisotopic (exact) mass is 256 g/mol. The standard InChI is InChI=1S/C14H28N2O2/c1-12(11-17)16(2)14(18)15-10-6-5-9-13-7-3-4-8-13/h12-13,17H,3-11H2,1-2H3,(H,15,18). The normalized spacial score (nSPS) is 17.7. The summed E-state index contributed by atoms with van der Waals surface area (Å²) in [7, 11) is 1.72. The zero-order valence-electron chi connectivity index (χ0n) is 11.8. The van der Waals surface area contributed by atoms with Crippen LogP contribution in [0.5, 0.6) is 0 Å². The van der Waals surface area contributed by atoms with Gasteiger partial charge in [0.05, 0.1) is 12.6 Å². The van der Waals surface area contributed by atoms with Gasteiger partial charge in [-0.05, 0) is 19.3 Å². The van der Waals surface area contributed by atoms with Crippen LogP contribution in [0.15, 0.2) is 0 Å². The molecule has 1 fully saturated rings. The van der Waals surface area contributed by atoms with Crippen LogP contribution in [-0.2, 0) is 0 Å². The Morgan fingerprint density at radius 3 is 2.67 bits per heavy atom. The molecule has 2 amide bonds. The van der Waals surface area contributed by atoms with Crippen molar-refractivity contribution in [2.75, 3.05) is 20.2 Å². The number of carbonyl (C=O) groups is 1. The fraction of sp³-hybridized carbons (Fsp3) is 0.929. The number of hydrogen-bond acceptors (Lipinski definition) is 2. The highest BCUT2D eigenvalue weighted by atomic mass is 16.3. The minimum Gasteiger partial charge on any atom is -0.394 e. The molecule has 0 radical (unpaired) electrons. The van der Waals surface area contributed by atoms with Gasteiger partial charge in [0.1, 0.15) is 0 Å². The summed E-state index contributed by atoms with van der Waals surface area (Å²) in [6, 6.07) is -0.207. The number of amides is 2. The Bertz CT molecular complexity index is 240. The average molecular weight is 256 g/mol. The van der Waals surface area contributed by atoms with E-state index in [0.717, 1.165) is 18.9 Å². The summed E-state index contributed by atoms with van der Waals surface area (Å²) >= 11 is 0. The maximum atomic E-state index is 11.7. The molecule has 1 unspecified atom stereocenters. The van der Waals surface area contributed by atoms with Crippen LogP contribution in [0.4, 0.5) is 4.79 Å². The molecular formula is C14H28N2O2. The number of likely N-dealkylation sites (N-methyl/N-ethyl adjacent to an activating group) is 1. The van der Waals surface area contributed by atoms with Crippen molar-refractivity contribution in [1.29, 1.82) is 0 Å². The summed E-state index contributed by atoms with van der Waals surface area (Å²) in [5.41, 5.74) is 0. The Hall–Kier alpha value is -0.770. The molecule has 18 heavy (non-hydrogen) atoms. The van der Waals surface area contributed by atoms with Crippen molar-refractivity contribution in [3.63, 3.8) is 0 Å². The van der Waals surface area contributed by atoms with Crippen molar-refractivity contribution < 1.29 is 9.90 Å². The molecule has 0 spiro atoms. The topological polar surface area (TPSA) is 52.6 Å². The molecule has 1 aliphatic rings. The van der Waals surface area contributed by atoms with Crippen LogP contribution in [0.25, 0.3) is 0 Å². The van der Waals surface area contributed by atoms with E-state index in [1.54, 1.807) is 11.9 Å². The molecule has 106 valence electrons. The average Bonchev–Trinajstić information content (AvgIpc) is 2.89. The molecule has 0 saturated heterocycles. The summed E-state index contributed by atoms with van der Waals surface area (Å²) in [5, 5.41) is 11.9. The first-order valence-corrected chi connectivity index (χ1v) is 7.26. The molecule has 0 aromatic carbocycles. The first-order chi connectivity index (χ1) is 8.65. The Morgan fingerprint density at radius 2 is 2.06 bits per heavy atom. The quantitative estimate of drug-likeness (QED) is 0.687. The first kappa shape index (κ1) is 15.3. The van der Waals surface area contributed by atoms with Gasteiger partial charge in [-0.1, -0.05) is 38.5 Å². The minimum atomic E-state index is -0.122. The van der Waals surface area contributed by atoms with Crippen LogP contribution in [0.3, 0.4) is 0 Å². The van der Waals surface area contributed by atoms with E-state index >= 15 is 0 Å². The molecule has 0 heterocycles. The summed E-state index contributed by atoms with van der Waals surface area (Å²) in [5.74, 6) is 0.942. The van der Waals surface area contributed by atoms with E-state index in [1.807, 2.05) is 6.92 Å². The van der Waals surface area contributed by atoms with E-state index < -0.39 is 0 Å². The highest BCUT2D eigenvalue weighted by molar-refractivity contribution is 5.74. The summed E-state index contributed by atoms with van der Waals surface area (Å²) in [6.45, 7) is 2.58. The number of aliphatic hydroxyl groups is 1. The van der Waals surface area contributed by atoms with Crippen LogP contribution in [0.2, 0.25) is 0 Å². The Labute approximate surface area is 111 Å². The Kier molecular flexibility index (Phi) is 7.09. The fourth-order valence-corrected chi connectivity index (χ4v) is 2.50. The van der Waals surface area contributed by atoms with Gasteiger partial charge >= 0.3 is 6.03 Å². The molecule has 1 aliphatic carbocycles. The number of aliphatic hydroxyl groups excluding tert-OH is 1. The lowest BCUT2D eigenvalue weighted by Crippen LogP contribution is -2.44. The van der Waals surface area contributed by atoms with Gasteiger partial charge < -0.3 is 15.3 Å². The third kappa shape index (κ3) is 5.25. The molecular weight excluding hydrogens is 228 g/mol. The molecule has 0 aliphatic heterocycles. The van der Waals surface area contributed by atoms with Gasteiger partial charge in [-0.25, -0.2) is 4.79 Å². The van der Waals surface area contributed by atoms with Crippen molar-refractivity contribution in [2.45, 2.75) is 57.9 Å². The fourth-order valence-electron chi connectivity index (χ4n) is 2.50. The van der Waals surface area contributed by atoms with E-state index in [-0.39, 0.29) is 18.7 Å². The van der Waals surface area contributed by atoms with Gasteiger partial charge in [-0.15, -0.1) is 0 Å². The number of hydrogen-bond donors (Lipinski definition) is 2. The SMILES string of the molecule is CC(CO)N(C)C(=O)NCCCCC1CCCC1. The van der Waals surface area contributed by atoms with E-state index in [1.165, 1.54) is 38.5 Å². The lowest BCUT2D eigenvalue weighted by atomic mass is 10.0. The molecule has 1 atom stereocenters. The summed E-state index contributed by atoms with van der Waals surface area (Å²) < 4.78 is 0. The number of nitrogens with one attached hydrogen (secondary N) is 1. The maximum absolute atomic E-state index is 11.7. The molecule has 1 saturated carbocycles.